The van der Waals surface area contributed by atoms with E-state index in [9.17, 15) is 33.6 Å². The highest BCUT2D eigenvalue weighted by Gasteiger charge is 2.42. The van der Waals surface area contributed by atoms with E-state index in [1.165, 1.54) is 0 Å². The zero-order chi connectivity index (χ0) is 43.4. The molecule has 2 rings (SSSR count). The first-order chi connectivity index (χ1) is 26.4. The number of carbonyl (C=O) groups is 7. The molecule has 16 heteroatoms. The van der Waals surface area contributed by atoms with Gasteiger partial charge in [0, 0.05) is 55.8 Å². The van der Waals surface area contributed by atoms with Gasteiger partial charge in [-0.1, -0.05) is 84.9 Å². The van der Waals surface area contributed by atoms with Crippen LogP contribution in [0.1, 0.15) is 87.1 Å². The number of thioether (sulfide) groups is 1. The monoisotopic (exact) mass is 815 g/mol. The average Bonchev–Trinajstić information content (AvgIpc) is 3.40. The Morgan fingerprint density at radius 2 is 1.63 bits per heavy atom. The predicted molar refractivity (Wildman–Crippen MR) is 222 cm³/mol. The number of likely N-dealkylation sites (tertiary alicyclic amines) is 1. The summed E-state index contributed by atoms with van der Waals surface area (Å²) in [4.78, 5) is 92.5. The van der Waals surface area contributed by atoms with E-state index >= 15 is 0 Å². The molecule has 7 N–H and O–H groups in total. The number of nitrogens with zero attached hydrogens (tertiary/aromatic N) is 2. The number of carbonyl (C=O) groups excluding carboxylic acids is 6. The van der Waals surface area contributed by atoms with Crippen LogP contribution in [-0.4, -0.2) is 125 Å². The van der Waals surface area contributed by atoms with Crippen LogP contribution in [0, 0.1) is 11.3 Å². The second-order valence-corrected chi connectivity index (χ2v) is 18.0. The van der Waals surface area contributed by atoms with Crippen LogP contribution in [0.25, 0.3) is 0 Å². The smallest absolute Gasteiger partial charge is 0.321 e. The van der Waals surface area contributed by atoms with E-state index in [2.05, 4.69) is 21.3 Å². The van der Waals surface area contributed by atoms with Gasteiger partial charge < -0.3 is 37.0 Å². The van der Waals surface area contributed by atoms with Crippen LogP contribution < -0.4 is 27.0 Å². The number of likely N-dealkylation sites (N-methyl/N-ethyl adjacent to an activating group) is 2. The minimum Gasteiger partial charge on any atom is -0.480 e. The van der Waals surface area contributed by atoms with Crippen LogP contribution in [0.4, 0.5) is 0 Å². The number of carboxylic acid groups (broad SMARTS) is 1. The van der Waals surface area contributed by atoms with E-state index in [-0.39, 0.29) is 67.3 Å². The first-order valence-electron chi connectivity index (χ1n) is 19.4. The lowest BCUT2D eigenvalue weighted by Crippen LogP contribution is -2.61. The molecule has 0 aliphatic carbocycles. The molecule has 1 fully saturated rings. The van der Waals surface area contributed by atoms with Gasteiger partial charge in [-0.05, 0) is 44.2 Å². The first kappa shape index (κ1) is 48.9. The highest BCUT2D eigenvalue weighted by atomic mass is 32.2. The standard InChI is InChI=1S/C41H65N7O8S/c1-24(2)29(47(11)38(54)34(40(5,6)7)46-36(52)33(43-10)41(8,9)27-15-13-12-14-16-27)21-25(3)35(51)45-26(4)17-18-31(49)44-19-20-48-32(50)22-30(37(48)53)57-23-28(42)39(55)56/h12-16,21,24,26,28-30,33-34,43H,17-20,22-23,42H2,1-11H3,(H,44,49)(H,45,51)(H,46,52)(H,55,56)/b25-21+/t26-,28+,29-,30?,33-,34-/m1/s1. The first-order valence-corrected chi connectivity index (χ1v) is 20.5. The Morgan fingerprint density at radius 3 is 2.18 bits per heavy atom. The third-order valence-corrected chi connectivity index (χ3v) is 11.6. The van der Waals surface area contributed by atoms with Gasteiger partial charge in [-0.25, -0.2) is 0 Å². The average molecular weight is 816 g/mol. The fourth-order valence-corrected chi connectivity index (χ4v) is 7.74. The lowest BCUT2D eigenvalue weighted by atomic mass is 9.76. The van der Waals surface area contributed by atoms with E-state index in [4.69, 9.17) is 10.8 Å². The number of aliphatic carboxylic acids is 1. The second-order valence-electron chi connectivity index (χ2n) is 16.8. The third kappa shape index (κ3) is 14.0. The fraction of sp³-hybridized carbons (Fsp3) is 0.634. The van der Waals surface area contributed by atoms with Gasteiger partial charge in [-0.3, -0.25) is 38.5 Å². The molecule has 6 atom stereocenters. The number of benzene rings is 1. The maximum absolute atomic E-state index is 14.2. The summed E-state index contributed by atoms with van der Waals surface area (Å²) in [5.74, 6) is -3.35. The van der Waals surface area contributed by atoms with Gasteiger partial charge in [0.15, 0.2) is 0 Å². The van der Waals surface area contributed by atoms with Crippen molar-refractivity contribution in [2.75, 3.05) is 32.9 Å². The van der Waals surface area contributed by atoms with Gasteiger partial charge >= 0.3 is 5.97 Å². The van der Waals surface area contributed by atoms with Crippen molar-refractivity contribution in [3.63, 3.8) is 0 Å². The summed E-state index contributed by atoms with van der Waals surface area (Å²) in [5.41, 5.74) is 5.64. The van der Waals surface area contributed by atoms with E-state index < -0.39 is 58.0 Å². The van der Waals surface area contributed by atoms with Crippen LogP contribution in [0.5, 0.6) is 0 Å². The Labute approximate surface area is 342 Å². The second kappa shape index (κ2) is 21.5. The van der Waals surface area contributed by atoms with Gasteiger partial charge in [0.25, 0.3) is 0 Å². The molecule has 1 unspecified atom stereocenters. The highest BCUT2D eigenvalue weighted by Crippen LogP contribution is 2.29. The molecule has 0 radical (unpaired) electrons. The molecule has 1 aromatic rings. The van der Waals surface area contributed by atoms with Crippen molar-refractivity contribution in [2.24, 2.45) is 17.1 Å². The topological polar surface area (TPSA) is 220 Å². The number of nitrogens with one attached hydrogen (secondary N) is 4. The maximum Gasteiger partial charge on any atom is 0.321 e. The molecule has 0 aromatic heterocycles. The number of amides is 6. The minimum atomic E-state index is -1.19. The molecule has 0 bridgehead atoms. The van der Waals surface area contributed by atoms with Crippen molar-refractivity contribution in [2.45, 2.75) is 122 Å². The molecule has 1 saturated heterocycles. The molecule has 15 nitrogen and oxygen atoms in total. The summed E-state index contributed by atoms with van der Waals surface area (Å²) in [7, 11) is 3.40. The molecule has 0 spiro atoms. The van der Waals surface area contributed by atoms with Crippen LogP contribution in [-0.2, 0) is 39.0 Å². The highest BCUT2D eigenvalue weighted by molar-refractivity contribution is 8.00. The number of carboxylic acids is 1. The van der Waals surface area contributed by atoms with E-state index in [1.807, 2.05) is 78.8 Å². The zero-order valence-electron chi connectivity index (χ0n) is 35.4. The minimum absolute atomic E-state index is 0.00573. The molecule has 57 heavy (non-hydrogen) atoms. The number of nitrogens with two attached hydrogens (primary N) is 1. The molecule has 0 saturated carbocycles. The SMILES string of the molecule is CN[C@H](C(=O)N[C@H](C(=O)N(C)[C@H](/C=C(\C)C(=O)N[C@H](C)CCC(=O)NCCN1C(=O)CC(SC[C@H](N)C(=O)O)C1=O)C(C)C)C(C)(C)C)C(C)(C)c1ccccc1. The largest absolute Gasteiger partial charge is 0.480 e. The summed E-state index contributed by atoms with van der Waals surface area (Å²) >= 11 is 1.03. The Balaban J connectivity index is 1.99. The Kier molecular flexibility index (Phi) is 18.4. The number of hydrogen-bond donors (Lipinski definition) is 6. The van der Waals surface area contributed by atoms with Crippen molar-refractivity contribution in [1.82, 2.24) is 31.1 Å². The lowest BCUT2D eigenvalue weighted by molar-refractivity contribution is -0.141. The predicted octanol–water partition coefficient (Wildman–Crippen LogP) is 2.19. The maximum atomic E-state index is 14.2. The number of imide groups is 1. The summed E-state index contributed by atoms with van der Waals surface area (Å²) in [6.07, 6.45) is 2.10. The summed E-state index contributed by atoms with van der Waals surface area (Å²) in [5, 5.41) is 20.1. The van der Waals surface area contributed by atoms with Crippen molar-refractivity contribution in [1.29, 1.82) is 0 Å². The van der Waals surface area contributed by atoms with Gasteiger partial charge in [-0.15, -0.1) is 11.8 Å². The quantitative estimate of drug-likeness (QED) is 0.0781. The summed E-state index contributed by atoms with van der Waals surface area (Å²) < 4.78 is 0. The van der Waals surface area contributed by atoms with Crippen molar-refractivity contribution < 1.29 is 38.7 Å². The number of hydrogen-bond acceptors (Lipinski definition) is 10. The molecule has 1 aliphatic rings. The van der Waals surface area contributed by atoms with Gasteiger partial charge in [-0.2, -0.15) is 0 Å². The Bertz CT molecular complexity index is 1630. The lowest BCUT2D eigenvalue weighted by Gasteiger charge is -2.40. The van der Waals surface area contributed by atoms with Crippen molar-refractivity contribution in [3.05, 3.63) is 47.5 Å². The molecular weight excluding hydrogens is 751 g/mol. The summed E-state index contributed by atoms with van der Waals surface area (Å²) in [6.45, 7) is 17.0. The fourth-order valence-electron chi connectivity index (χ4n) is 6.62. The van der Waals surface area contributed by atoms with Crippen molar-refractivity contribution in [3.8, 4) is 0 Å². The molecule has 6 amide bonds. The van der Waals surface area contributed by atoms with Crippen molar-refractivity contribution >= 4 is 53.2 Å². The van der Waals surface area contributed by atoms with E-state index in [0.29, 0.717) is 12.0 Å². The van der Waals surface area contributed by atoms with E-state index in [1.54, 1.807) is 38.9 Å². The zero-order valence-corrected chi connectivity index (χ0v) is 36.2. The van der Waals surface area contributed by atoms with Crippen LogP contribution in [0.2, 0.25) is 0 Å². The normalized spacial score (nSPS) is 17.7. The molecule has 1 aliphatic heterocycles. The third-order valence-electron chi connectivity index (χ3n) is 10.3. The Hall–Kier alpha value is -4.28. The summed E-state index contributed by atoms with van der Waals surface area (Å²) in [6, 6.07) is 6.24. The molecule has 318 valence electrons. The van der Waals surface area contributed by atoms with Gasteiger partial charge in [0.1, 0.15) is 12.1 Å². The van der Waals surface area contributed by atoms with E-state index in [0.717, 1.165) is 22.2 Å². The van der Waals surface area contributed by atoms with Gasteiger partial charge in [0.05, 0.1) is 17.3 Å². The number of rotatable bonds is 21. The van der Waals surface area contributed by atoms with Gasteiger partial charge in [0.2, 0.25) is 35.4 Å². The molecule has 1 aromatic carbocycles. The molecule has 1 heterocycles. The van der Waals surface area contributed by atoms with Crippen LogP contribution in [0.3, 0.4) is 0 Å². The van der Waals surface area contributed by atoms with Crippen LogP contribution in [0.15, 0.2) is 42.0 Å². The molecular formula is C41H65N7O8S. The van der Waals surface area contributed by atoms with Crippen LogP contribution >= 0.6 is 11.8 Å². The Morgan fingerprint density at radius 1 is 1.02 bits per heavy atom.